The number of rotatable bonds is 3. The first-order valence-electron chi connectivity index (χ1n) is 4.38. The summed E-state index contributed by atoms with van der Waals surface area (Å²) >= 11 is 5.00. The lowest BCUT2D eigenvalue weighted by Gasteiger charge is -2.11. The van der Waals surface area contributed by atoms with Crippen LogP contribution >= 0.6 is 12.2 Å². The topological polar surface area (TPSA) is 46.5 Å². The lowest BCUT2D eigenvalue weighted by atomic mass is 10.1. The number of esters is 1. The normalized spacial score (nSPS) is 17.6. The second-order valence-electron chi connectivity index (χ2n) is 3.11. The molecular weight excluding hydrogens is 200 g/mol. The van der Waals surface area contributed by atoms with E-state index >= 15 is 0 Å². The monoisotopic (exact) mass is 212 g/mol. The van der Waals surface area contributed by atoms with Crippen molar-refractivity contribution in [2.24, 2.45) is 0 Å². The van der Waals surface area contributed by atoms with E-state index in [1.165, 1.54) is 6.92 Å². The number of allylic oxidation sites excluding steroid dienone is 4. The van der Waals surface area contributed by atoms with Gasteiger partial charge in [0.2, 0.25) is 0 Å². The molecule has 0 aromatic rings. The van der Waals surface area contributed by atoms with Gasteiger partial charge in [0.05, 0.1) is 17.4 Å². The average Bonchev–Trinajstić information content (AvgIpc) is 2.07. The smallest absolute Gasteiger partial charge is 0.313 e. The lowest BCUT2D eigenvalue weighted by Crippen LogP contribution is -2.15. The quantitative estimate of drug-likeness (QED) is 0.569. The van der Waals surface area contributed by atoms with Gasteiger partial charge in [-0.25, -0.2) is 0 Å². The zero-order chi connectivity index (χ0) is 10.6. The molecule has 76 valence electrons. The summed E-state index contributed by atoms with van der Waals surface area (Å²) in [5.41, 5.74) is 0. The Morgan fingerprint density at radius 1 is 1.79 bits per heavy atom. The van der Waals surface area contributed by atoms with E-state index in [1.54, 1.807) is 12.2 Å². The predicted molar refractivity (Wildman–Crippen MR) is 56.8 cm³/mol. The highest BCUT2D eigenvalue weighted by Crippen LogP contribution is 2.12. The second-order valence-corrected chi connectivity index (χ2v) is 3.61. The Hall–Kier alpha value is -1.00. The van der Waals surface area contributed by atoms with Crippen LogP contribution in [0.15, 0.2) is 24.0 Å². The molecule has 0 aromatic heterocycles. The van der Waals surface area contributed by atoms with Crippen molar-refractivity contribution in [3.05, 3.63) is 24.0 Å². The number of aliphatic hydroxyl groups excluding tert-OH is 1. The summed E-state index contributed by atoms with van der Waals surface area (Å²) < 4.78 is 4.98. The van der Waals surface area contributed by atoms with Crippen molar-refractivity contribution in [3.8, 4) is 0 Å². The molecule has 1 aliphatic rings. The first-order chi connectivity index (χ1) is 6.59. The fraction of sp³-hybridized carbons (Fsp3) is 0.400. The summed E-state index contributed by atoms with van der Waals surface area (Å²) in [7, 11) is 0. The van der Waals surface area contributed by atoms with Crippen LogP contribution in [0.25, 0.3) is 0 Å². The minimum Gasteiger partial charge on any atom is -0.425 e. The molecule has 1 aliphatic carbocycles. The molecule has 0 fully saturated rings. The molecule has 0 spiro atoms. The Kier molecular flexibility index (Phi) is 3.98. The molecule has 0 bridgehead atoms. The number of thiocarbonyl (C=S) groups is 1. The van der Waals surface area contributed by atoms with Crippen molar-refractivity contribution >= 4 is 23.1 Å². The van der Waals surface area contributed by atoms with Gasteiger partial charge in [0.15, 0.2) is 0 Å². The highest BCUT2D eigenvalue weighted by molar-refractivity contribution is 7.80. The third kappa shape index (κ3) is 3.40. The van der Waals surface area contributed by atoms with Gasteiger partial charge in [0.25, 0.3) is 0 Å². The average molecular weight is 212 g/mol. The van der Waals surface area contributed by atoms with Crippen molar-refractivity contribution in [2.75, 3.05) is 0 Å². The Bertz CT molecular complexity index is 302. The summed E-state index contributed by atoms with van der Waals surface area (Å²) in [5.74, 6) is -0.0305. The van der Waals surface area contributed by atoms with Crippen molar-refractivity contribution < 1.29 is 14.6 Å². The van der Waals surface area contributed by atoms with Crippen molar-refractivity contribution in [1.29, 1.82) is 0 Å². The fourth-order valence-corrected chi connectivity index (χ4v) is 1.23. The van der Waals surface area contributed by atoms with Gasteiger partial charge in [0, 0.05) is 6.42 Å². The summed E-state index contributed by atoms with van der Waals surface area (Å²) in [6.07, 6.45) is 5.28. The number of aliphatic hydroxyl groups is 1. The predicted octanol–water partition coefficient (Wildman–Crippen LogP) is 1.51. The largest absolute Gasteiger partial charge is 0.425 e. The van der Waals surface area contributed by atoms with Crippen LogP contribution in [0.1, 0.15) is 19.8 Å². The first-order valence-corrected chi connectivity index (χ1v) is 4.79. The molecular formula is C10H12O3S. The van der Waals surface area contributed by atoms with Crippen LogP contribution in [-0.2, 0) is 9.53 Å². The number of hydrogen-bond acceptors (Lipinski definition) is 4. The minimum atomic E-state index is -0.684. The molecule has 1 atom stereocenters. The van der Waals surface area contributed by atoms with Gasteiger partial charge >= 0.3 is 5.97 Å². The molecule has 1 N–H and O–H groups in total. The van der Waals surface area contributed by atoms with Crippen molar-refractivity contribution in [2.45, 2.75) is 25.9 Å². The van der Waals surface area contributed by atoms with E-state index in [0.29, 0.717) is 17.0 Å². The highest BCUT2D eigenvalue weighted by Gasteiger charge is 2.14. The molecule has 0 aromatic carbocycles. The SMILES string of the molecule is CC(O)CC(=O)OC1=CC=CCC1=S. The van der Waals surface area contributed by atoms with Crippen molar-refractivity contribution in [1.82, 2.24) is 0 Å². The molecule has 0 saturated heterocycles. The maximum Gasteiger partial charge on any atom is 0.313 e. The van der Waals surface area contributed by atoms with E-state index < -0.39 is 12.1 Å². The fourth-order valence-electron chi connectivity index (χ4n) is 1.02. The van der Waals surface area contributed by atoms with Gasteiger partial charge in [-0.05, 0) is 13.0 Å². The molecule has 1 unspecified atom stereocenters. The van der Waals surface area contributed by atoms with Crippen LogP contribution in [0, 0.1) is 0 Å². The van der Waals surface area contributed by atoms with Crippen LogP contribution in [0.5, 0.6) is 0 Å². The van der Waals surface area contributed by atoms with Gasteiger partial charge in [-0.1, -0.05) is 24.4 Å². The van der Waals surface area contributed by atoms with Crippen molar-refractivity contribution in [3.63, 3.8) is 0 Å². The molecule has 0 heterocycles. The van der Waals surface area contributed by atoms with E-state index in [-0.39, 0.29) is 6.42 Å². The van der Waals surface area contributed by atoms with E-state index in [2.05, 4.69) is 0 Å². The second kappa shape index (κ2) is 5.02. The molecule has 14 heavy (non-hydrogen) atoms. The molecule has 3 nitrogen and oxygen atoms in total. The standard InChI is InChI=1S/C10H12O3S/c1-7(11)6-10(12)13-8-4-2-3-5-9(8)14/h2-4,7,11H,5-6H2,1H3. The van der Waals surface area contributed by atoms with Crippen LogP contribution in [0.2, 0.25) is 0 Å². The Balaban J connectivity index is 2.51. The van der Waals surface area contributed by atoms with Crippen LogP contribution in [0.3, 0.4) is 0 Å². The maximum atomic E-state index is 11.2. The van der Waals surface area contributed by atoms with E-state index in [1.807, 2.05) is 6.08 Å². The first kappa shape index (κ1) is 11.1. The molecule has 0 aliphatic heterocycles. The van der Waals surface area contributed by atoms with E-state index in [4.69, 9.17) is 22.1 Å². The van der Waals surface area contributed by atoms with Gasteiger partial charge in [0.1, 0.15) is 5.76 Å². The number of hydrogen-bond donors (Lipinski definition) is 1. The number of carbonyl (C=O) groups is 1. The number of carbonyl (C=O) groups excluding carboxylic acids is 1. The lowest BCUT2D eigenvalue weighted by molar-refractivity contribution is -0.140. The molecule has 0 amide bonds. The van der Waals surface area contributed by atoms with Crippen LogP contribution in [0.4, 0.5) is 0 Å². The van der Waals surface area contributed by atoms with E-state index in [0.717, 1.165) is 0 Å². The van der Waals surface area contributed by atoms with Gasteiger partial charge in [-0.3, -0.25) is 4.79 Å². The third-order valence-electron chi connectivity index (χ3n) is 1.65. The molecule has 0 radical (unpaired) electrons. The zero-order valence-electron chi connectivity index (χ0n) is 7.90. The minimum absolute atomic E-state index is 0.0103. The zero-order valence-corrected chi connectivity index (χ0v) is 8.71. The molecule has 1 rings (SSSR count). The van der Waals surface area contributed by atoms with Gasteiger partial charge in [-0.15, -0.1) is 0 Å². The summed E-state index contributed by atoms with van der Waals surface area (Å²) in [4.78, 5) is 11.8. The molecule has 0 saturated carbocycles. The Morgan fingerprint density at radius 3 is 3.07 bits per heavy atom. The van der Waals surface area contributed by atoms with Crippen LogP contribution in [-0.4, -0.2) is 22.0 Å². The molecule has 4 heteroatoms. The van der Waals surface area contributed by atoms with E-state index in [9.17, 15) is 4.79 Å². The Morgan fingerprint density at radius 2 is 2.50 bits per heavy atom. The van der Waals surface area contributed by atoms with Crippen LogP contribution < -0.4 is 0 Å². The highest BCUT2D eigenvalue weighted by atomic mass is 32.1. The Labute approximate surface area is 88.1 Å². The summed E-state index contributed by atoms with van der Waals surface area (Å²) in [5, 5.41) is 8.95. The maximum absolute atomic E-state index is 11.2. The summed E-state index contributed by atoms with van der Waals surface area (Å²) in [6.45, 7) is 1.54. The van der Waals surface area contributed by atoms with Gasteiger partial charge < -0.3 is 9.84 Å². The summed E-state index contributed by atoms with van der Waals surface area (Å²) in [6, 6.07) is 0. The number of ether oxygens (including phenoxy) is 1. The third-order valence-corrected chi connectivity index (χ3v) is 2.02. The van der Waals surface area contributed by atoms with Gasteiger partial charge in [-0.2, -0.15) is 0 Å².